The lowest BCUT2D eigenvalue weighted by molar-refractivity contribution is -0.115. The van der Waals surface area contributed by atoms with E-state index in [1.54, 1.807) is 6.08 Å². The zero-order valence-corrected chi connectivity index (χ0v) is 10.2. The fraction of sp³-hybridized carbons (Fsp3) is 0.0909. The molecule has 1 aromatic rings. The van der Waals surface area contributed by atoms with Crippen molar-refractivity contribution in [2.24, 2.45) is 0 Å². The van der Waals surface area contributed by atoms with E-state index in [2.05, 4.69) is 5.32 Å². The first kappa shape index (κ1) is 10.6. The Morgan fingerprint density at radius 2 is 2.29 bits per heavy atom. The van der Waals surface area contributed by atoms with Crippen LogP contribution in [0.4, 0.5) is 0 Å². The summed E-state index contributed by atoms with van der Waals surface area (Å²) >= 11 is 6.17. The molecule has 1 amide bonds. The van der Waals surface area contributed by atoms with Gasteiger partial charge < -0.3 is 14.8 Å². The predicted molar refractivity (Wildman–Crippen MR) is 68.9 cm³/mol. The summed E-state index contributed by atoms with van der Waals surface area (Å²) in [5.41, 5.74) is 0.822. The molecule has 0 bridgehead atoms. The minimum absolute atomic E-state index is 0.170. The maximum Gasteiger partial charge on any atom is 0.263 e. The molecule has 1 aromatic carbocycles. The number of benzene rings is 1. The highest BCUT2D eigenvalue weighted by Gasteiger charge is 2.24. The number of nitrogens with one attached hydrogen (secondary N) is 1. The molecule has 2 heterocycles. The lowest BCUT2D eigenvalue weighted by Gasteiger charge is -2.00. The number of amides is 1. The predicted octanol–water partition coefficient (Wildman–Crippen LogP) is 1.90. The van der Waals surface area contributed by atoms with Gasteiger partial charge in [-0.1, -0.05) is 36.1 Å². The van der Waals surface area contributed by atoms with Crippen molar-refractivity contribution >= 4 is 40.3 Å². The number of ether oxygens (including phenoxy) is 2. The van der Waals surface area contributed by atoms with Crippen molar-refractivity contribution in [3.05, 3.63) is 28.7 Å². The zero-order valence-electron chi connectivity index (χ0n) is 8.56. The average Bonchev–Trinajstić information content (AvgIpc) is 2.87. The average molecular weight is 265 g/mol. The number of hydrogen-bond donors (Lipinski definition) is 1. The molecule has 2 aliphatic rings. The van der Waals surface area contributed by atoms with Gasteiger partial charge in [-0.05, 0) is 12.1 Å². The number of thiocarbonyl (C=S) groups is 1. The summed E-state index contributed by atoms with van der Waals surface area (Å²) in [5, 5.41) is 2.57. The molecule has 86 valence electrons. The zero-order chi connectivity index (χ0) is 11.8. The van der Waals surface area contributed by atoms with E-state index in [0.717, 1.165) is 5.56 Å². The number of fused-ring (bicyclic) bond motifs is 1. The molecule has 4 nitrogen and oxygen atoms in total. The molecule has 17 heavy (non-hydrogen) atoms. The molecule has 6 heteroatoms. The Balaban J connectivity index is 2.01. The van der Waals surface area contributed by atoms with Crippen LogP contribution >= 0.6 is 24.0 Å². The van der Waals surface area contributed by atoms with Crippen LogP contribution in [0.15, 0.2) is 23.1 Å². The lowest BCUT2D eigenvalue weighted by atomic mass is 10.1. The second-order valence-corrected chi connectivity index (χ2v) is 5.15. The molecule has 3 rings (SSSR count). The summed E-state index contributed by atoms with van der Waals surface area (Å²) in [7, 11) is 0. The van der Waals surface area contributed by atoms with Crippen molar-refractivity contribution in [2.75, 3.05) is 6.79 Å². The largest absolute Gasteiger partial charge is 0.454 e. The van der Waals surface area contributed by atoms with Crippen LogP contribution in [-0.4, -0.2) is 17.0 Å². The number of hydrogen-bond acceptors (Lipinski definition) is 5. The highest BCUT2D eigenvalue weighted by molar-refractivity contribution is 8.26. The van der Waals surface area contributed by atoms with Crippen molar-refractivity contribution in [1.82, 2.24) is 5.32 Å². The van der Waals surface area contributed by atoms with E-state index in [-0.39, 0.29) is 12.7 Å². The van der Waals surface area contributed by atoms with Gasteiger partial charge >= 0.3 is 0 Å². The second kappa shape index (κ2) is 4.05. The van der Waals surface area contributed by atoms with Crippen LogP contribution in [-0.2, 0) is 4.79 Å². The smallest absolute Gasteiger partial charge is 0.263 e. The number of carbonyl (C=O) groups excluding carboxylic acids is 1. The van der Waals surface area contributed by atoms with Crippen LogP contribution in [0.5, 0.6) is 11.5 Å². The van der Waals surface area contributed by atoms with Crippen LogP contribution in [0.3, 0.4) is 0 Å². The number of carbonyl (C=O) groups is 1. The maximum absolute atomic E-state index is 11.5. The van der Waals surface area contributed by atoms with E-state index >= 15 is 0 Å². The SMILES string of the molecule is O=C1NC(=S)S/C1=C\c1cccc2c1OCO2. The molecular weight excluding hydrogens is 258 g/mol. The summed E-state index contributed by atoms with van der Waals surface area (Å²) < 4.78 is 11.1. The molecule has 0 atom stereocenters. The van der Waals surface area contributed by atoms with Crippen LogP contribution in [0.25, 0.3) is 6.08 Å². The van der Waals surface area contributed by atoms with Gasteiger partial charge in [0.25, 0.3) is 5.91 Å². The van der Waals surface area contributed by atoms with Crippen LogP contribution in [0.2, 0.25) is 0 Å². The van der Waals surface area contributed by atoms with Gasteiger partial charge in [-0.25, -0.2) is 0 Å². The van der Waals surface area contributed by atoms with E-state index < -0.39 is 0 Å². The highest BCUT2D eigenvalue weighted by atomic mass is 32.2. The standard InChI is InChI=1S/C11H7NO3S2/c13-10-8(17-11(16)12-10)4-6-2-1-3-7-9(6)15-5-14-7/h1-4H,5H2,(H,12,13,16)/b8-4-. The summed E-state index contributed by atoms with van der Waals surface area (Å²) in [4.78, 5) is 12.1. The summed E-state index contributed by atoms with van der Waals surface area (Å²) in [5.74, 6) is 1.20. The van der Waals surface area contributed by atoms with E-state index in [1.807, 2.05) is 18.2 Å². The quantitative estimate of drug-likeness (QED) is 0.621. The van der Waals surface area contributed by atoms with E-state index in [9.17, 15) is 4.79 Å². The first-order valence-electron chi connectivity index (χ1n) is 4.87. The van der Waals surface area contributed by atoms with Gasteiger partial charge in [-0.15, -0.1) is 0 Å². The minimum Gasteiger partial charge on any atom is -0.454 e. The monoisotopic (exact) mass is 265 g/mol. The highest BCUT2D eigenvalue weighted by Crippen LogP contribution is 2.38. The van der Waals surface area contributed by atoms with Crippen molar-refractivity contribution < 1.29 is 14.3 Å². The van der Waals surface area contributed by atoms with Gasteiger partial charge in [-0.3, -0.25) is 4.79 Å². The molecule has 0 aliphatic carbocycles. The summed E-state index contributed by atoms with van der Waals surface area (Å²) in [6, 6.07) is 5.56. The Hall–Kier alpha value is -1.53. The Morgan fingerprint density at radius 1 is 1.41 bits per heavy atom. The minimum atomic E-state index is -0.170. The van der Waals surface area contributed by atoms with Gasteiger partial charge in [-0.2, -0.15) is 0 Å². The number of rotatable bonds is 1. The lowest BCUT2D eigenvalue weighted by Crippen LogP contribution is -2.17. The number of para-hydroxylation sites is 1. The molecule has 1 fully saturated rings. The Labute approximate surface area is 107 Å². The van der Waals surface area contributed by atoms with E-state index in [4.69, 9.17) is 21.7 Å². The molecule has 1 N–H and O–H groups in total. The fourth-order valence-corrected chi connectivity index (χ4v) is 2.66. The number of thioether (sulfide) groups is 1. The van der Waals surface area contributed by atoms with Gasteiger partial charge in [0, 0.05) is 5.56 Å². The molecule has 2 aliphatic heterocycles. The van der Waals surface area contributed by atoms with E-state index in [0.29, 0.717) is 20.7 Å². The van der Waals surface area contributed by atoms with Gasteiger partial charge in [0.1, 0.15) is 4.32 Å². The fourth-order valence-electron chi connectivity index (χ4n) is 1.63. The van der Waals surface area contributed by atoms with Gasteiger partial charge in [0.2, 0.25) is 6.79 Å². The van der Waals surface area contributed by atoms with Crippen LogP contribution in [0.1, 0.15) is 5.56 Å². The van der Waals surface area contributed by atoms with Crippen molar-refractivity contribution in [3.8, 4) is 11.5 Å². The summed E-state index contributed by atoms with van der Waals surface area (Å²) in [6.45, 7) is 0.216. The summed E-state index contributed by atoms with van der Waals surface area (Å²) in [6.07, 6.45) is 1.76. The molecule has 1 saturated heterocycles. The molecule has 0 unspecified atom stereocenters. The van der Waals surface area contributed by atoms with Crippen molar-refractivity contribution in [1.29, 1.82) is 0 Å². The second-order valence-electron chi connectivity index (χ2n) is 3.43. The van der Waals surface area contributed by atoms with Crippen molar-refractivity contribution in [2.45, 2.75) is 0 Å². The molecular formula is C11H7NO3S2. The third kappa shape index (κ3) is 1.89. The molecule has 0 aromatic heterocycles. The molecule has 0 spiro atoms. The third-order valence-corrected chi connectivity index (χ3v) is 3.52. The van der Waals surface area contributed by atoms with Crippen LogP contribution in [0, 0.1) is 0 Å². The molecule has 0 radical (unpaired) electrons. The third-order valence-electron chi connectivity index (χ3n) is 2.36. The molecule has 0 saturated carbocycles. The van der Waals surface area contributed by atoms with Gasteiger partial charge in [0.05, 0.1) is 4.91 Å². The topological polar surface area (TPSA) is 47.6 Å². The Kier molecular flexibility index (Phi) is 2.53. The maximum atomic E-state index is 11.5. The van der Waals surface area contributed by atoms with Gasteiger partial charge in [0.15, 0.2) is 11.5 Å². The Bertz CT molecular complexity index is 554. The van der Waals surface area contributed by atoms with Crippen LogP contribution < -0.4 is 14.8 Å². The van der Waals surface area contributed by atoms with E-state index in [1.165, 1.54) is 11.8 Å². The Morgan fingerprint density at radius 3 is 3.06 bits per heavy atom. The first-order chi connectivity index (χ1) is 8.24. The van der Waals surface area contributed by atoms with Crippen molar-refractivity contribution in [3.63, 3.8) is 0 Å². The first-order valence-corrected chi connectivity index (χ1v) is 6.10. The normalized spacial score (nSPS) is 19.9.